The number of amides is 1. The van der Waals surface area contributed by atoms with Gasteiger partial charge in [0, 0.05) is 25.4 Å². The maximum absolute atomic E-state index is 12.7. The third-order valence-corrected chi connectivity index (χ3v) is 4.18. The molecule has 3 heterocycles. The number of anilines is 2. The van der Waals surface area contributed by atoms with Gasteiger partial charge in [0.25, 0.3) is 5.56 Å². The van der Waals surface area contributed by atoms with E-state index in [0.29, 0.717) is 12.0 Å². The zero-order valence-corrected chi connectivity index (χ0v) is 14.4. The quantitative estimate of drug-likeness (QED) is 0.879. The van der Waals surface area contributed by atoms with Crippen molar-refractivity contribution in [3.05, 3.63) is 46.5 Å². The number of carbonyl (C=O) groups excluding carboxylic acids is 1. The zero-order chi connectivity index (χ0) is 19.4. The summed E-state index contributed by atoms with van der Waals surface area (Å²) >= 11 is 0. The number of aromatic nitrogens is 3. The fourth-order valence-electron chi connectivity index (χ4n) is 2.84. The van der Waals surface area contributed by atoms with E-state index in [-0.39, 0.29) is 5.69 Å². The first-order chi connectivity index (χ1) is 12.8. The van der Waals surface area contributed by atoms with E-state index in [9.17, 15) is 22.8 Å². The average molecular weight is 381 g/mol. The minimum atomic E-state index is -4.56. The van der Waals surface area contributed by atoms with Gasteiger partial charge in [0.1, 0.15) is 12.4 Å². The van der Waals surface area contributed by atoms with E-state index in [1.54, 1.807) is 6.07 Å². The molecule has 0 unspecified atom stereocenters. The van der Waals surface area contributed by atoms with Crippen LogP contribution < -0.4 is 15.8 Å². The number of piperidine rings is 1. The van der Waals surface area contributed by atoms with Gasteiger partial charge in [-0.2, -0.15) is 18.3 Å². The summed E-state index contributed by atoms with van der Waals surface area (Å²) in [5, 5.41) is 6.52. The molecule has 1 saturated heterocycles. The zero-order valence-electron chi connectivity index (χ0n) is 14.4. The molecule has 0 aromatic carbocycles. The average Bonchev–Trinajstić information content (AvgIpc) is 2.64. The largest absolute Gasteiger partial charge is 0.417 e. The highest BCUT2D eigenvalue weighted by atomic mass is 19.4. The SMILES string of the molecule is O=C(Cn1nc(N2CCCCC2)ccc1=O)Nc1cncc(C(F)(F)F)c1. The topological polar surface area (TPSA) is 80.1 Å². The molecule has 144 valence electrons. The first-order valence-electron chi connectivity index (χ1n) is 8.48. The van der Waals surface area contributed by atoms with Crippen molar-refractivity contribution in [2.24, 2.45) is 0 Å². The molecule has 2 aromatic rings. The lowest BCUT2D eigenvalue weighted by molar-refractivity contribution is -0.137. The van der Waals surface area contributed by atoms with Crippen LogP contribution in [0.1, 0.15) is 24.8 Å². The molecule has 1 aliphatic heterocycles. The van der Waals surface area contributed by atoms with Crippen LogP contribution in [-0.2, 0) is 17.5 Å². The number of carbonyl (C=O) groups is 1. The normalized spacial score (nSPS) is 14.9. The van der Waals surface area contributed by atoms with Gasteiger partial charge in [-0.3, -0.25) is 14.6 Å². The summed E-state index contributed by atoms with van der Waals surface area (Å²) < 4.78 is 39.1. The van der Waals surface area contributed by atoms with E-state index in [1.165, 1.54) is 6.07 Å². The Hall–Kier alpha value is -2.91. The maximum Gasteiger partial charge on any atom is 0.417 e. The first-order valence-corrected chi connectivity index (χ1v) is 8.48. The van der Waals surface area contributed by atoms with Crippen LogP contribution in [0.5, 0.6) is 0 Å². The lowest BCUT2D eigenvalue weighted by atomic mass is 10.1. The standard InChI is InChI=1S/C17H18F3N5O2/c18-17(19,20)12-8-13(10-21-9-12)22-15(26)11-25-16(27)5-4-14(23-25)24-6-2-1-3-7-24/h4-5,8-10H,1-3,6-7,11H2,(H,22,26). The fraction of sp³-hybridized carbons (Fsp3) is 0.412. The Morgan fingerprint density at radius 2 is 1.89 bits per heavy atom. The molecule has 0 saturated carbocycles. The smallest absolute Gasteiger partial charge is 0.355 e. The third kappa shape index (κ3) is 4.83. The highest BCUT2D eigenvalue weighted by Crippen LogP contribution is 2.29. The molecule has 1 fully saturated rings. The van der Waals surface area contributed by atoms with Crippen LogP contribution in [0.25, 0.3) is 0 Å². The lowest BCUT2D eigenvalue weighted by Gasteiger charge is -2.27. The van der Waals surface area contributed by atoms with Crippen molar-refractivity contribution in [2.45, 2.75) is 32.0 Å². The number of rotatable bonds is 4. The summed E-state index contributed by atoms with van der Waals surface area (Å²) in [4.78, 5) is 29.6. The Balaban J connectivity index is 1.71. The molecule has 0 radical (unpaired) electrons. The minimum Gasteiger partial charge on any atom is -0.355 e. The molecule has 0 aliphatic carbocycles. The highest BCUT2D eigenvalue weighted by Gasteiger charge is 2.31. The molecule has 1 N–H and O–H groups in total. The second kappa shape index (κ2) is 7.77. The van der Waals surface area contributed by atoms with Crippen molar-refractivity contribution >= 4 is 17.4 Å². The molecular formula is C17H18F3N5O2. The predicted octanol–water partition coefficient (Wildman–Crippen LogP) is 2.29. The molecule has 27 heavy (non-hydrogen) atoms. The maximum atomic E-state index is 12.7. The number of alkyl halides is 3. The van der Waals surface area contributed by atoms with Crippen molar-refractivity contribution in [1.29, 1.82) is 0 Å². The summed E-state index contributed by atoms with van der Waals surface area (Å²) in [6.07, 6.45) is 0.420. The molecule has 7 nitrogen and oxygen atoms in total. The van der Waals surface area contributed by atoms with Gasteiger partial charge in [-0.1, -0.05) is 0 Å². The number of hydrogen-bond acceptors (Lipinski definition) is 5. The minimum absolute atomic E-state index is 0.102. The number of nitrogens with one attached hydrogen (secondary N) is 1. The van der Waals surface area contributed by atoms with Gasteiger partial charge in [0.2, 0.25) is 5.91 Å². The molecule has 0 spiro atoms. The first kappa shape index (κ1) is 18.9. The van der Waals surface area contributed by atoms with E-state index in [1.807, 2.05) is 4.90 Å². The van der Waals surface area contributed by atoms with Gasteiger partial charge in [0.05, 0.1) is 17.4 Å². The lowest BCUT2D eigenvalue weighted by Crippen LogP contribution is -2.34. The van der Waals surface area contributed by atoms with Gasteiger partial charge in [-0.15, -0.1) is 0 Å². The Morgan fingerprint density at radius 3 is 2.59 bits per heavy atom. The van der Waals surface area contributed by atoms with Crippen molar-refractivity contribution < 1.29 is 18.0 Å². The summed E-state index contributed by atoms with van der Waals surface area (Å²) in [6, 6.07) is 3.72. The van der Waals surface area contributed by atoms with E-state index >= 15 is 0 Å². The molecule has 3 rings (SSSR count). The van der Waals surface area contributed by atoms with Crippen molar-refractivity contribution in [3.63, 3.8) is 0 Å². The van der Waals surface area contributed by atoms with Gasteiger partial charge < -0.3 is 10.2 Å². The van der Waals surface area contributed by atoms with E-state index < -0.39 is 29.8 Å². The Kier molecular flexibility index (Phi) is 5.43. The van der Waals surface area contributed by atoms with Gasteiger partial charge in [-0.25, -0.2) is 4.68 Å². The molecule has 1 aliphatic rings. The van der Waals surface area contributed by atoms with Crippen LogP contribution in [0.4, 0.5) is 24.7 Å². The fourth-order valence-corrected chi connectivity index (χ4v) is 2.84. The van der Waals surface area contributed by atoms with Crippen LogP contribution >= 0.6 is 0 Å². The third-order valence-electron chi connectivity index (χ3n) is 4.18. The van der Waals surface area contributed by atoms with Crippen LogP contribution in [0.3, 0.4) is 0 Å². The summed E-state index contributed by atoms with van der Waals surface area (Å²) in [5.41, 5.74) is -1.54. The van der Waals surface area contributed by atoms with E-state index in [0.717, 1.165) is 49.3 Å². The van der Waals surface area contributed by atoms with Crippen LogP contribution in [0, 0.1) is 0 Å². The summed E-state index contributed by atoms with van der Waals surface area (Å²) in [7, 11) is 0. The Labute approximate surface area is 152 Å². The van der Waals surface area contributed by atoms with Crippen LogP contribution in [-0.4, -0.2) is 33.8 Å². The number of nitrogens with zero attached hydrogens (tertiary/aromatic N) is 4. The van der Waals surface area contributed by atoms with Gasteiger partial charge in [-0.05, 0) is 31.4 Å². The second-order valence-corrected chi connectivity index (χ2v) is 6.24. The Bertz CT molecular complexity index is 875. The number of hydrogen-bond donors (Lipinski definition) is 1. The molecule has 10 heteroatoms. The van der Waals surface area contributed by atoms with Crippen LogP contribution in [0.2, 0.25) is 0 Å². The molecule has 0 bridgehead atoms. The monoisotopic (exact) mass is 381 g/mol. The summed E-state index contributed by atoms with van der Waals surface area (Å²) in [5.74, 6) is -0.0654. The van der Waals surface area contributed by atoms with Crippen molar-refractivity contribution in [3.8, 4) is 0 Å². The Morgan fingerprint density at radius 1 is 1.15 bits per heavy atom. The molecular weight excluding hydrogens is 363 g/mol. The van der Waals surface area contributed by atoms with E-state index in [2.05, 4.69) is 15.4 Å². The van der Waals surface area contributed by atoms with Gasteiger partial charge >= 0.3 is 6.18 Å². The molecule has 2 aromatic heterocycles. The predicted molar refractivity (Wildman–Crippen MR) is 92.4 cm³/mol. The molecule has 0 atom stereocenters. The van der Waals surface area contributed by atoms with Gasteiger partial charge in [0.15, 0.2) is 0 Å². The summed E-state index contributed by atoms with van der Waals surface area (Å²) in [6.45, 7) is 1.25. The second-order valence-electron chi connectivity index (χ2n) is 6.24. The van der Waals surface area contributed by atoms with Crippen molar-refractivity contribution in [1.82, 2.24) is 14.8 Å². The van der Waals surface area contributed by atoms with E-state index in [4.69, 9.17) is 0 Å². The molecule has 1 amide bonds. The highest BCUT2D eigenvalue weighted by molar-refractivity contribution is 5.90. The van der Waals surface area contributed by atoms with Crippen molar-refractivity contribution in [2.75, 3.05) is 23.3 Å². The van der Waals surface area contributed by atoms with Crippen LogP contribution in [0.15, 0.2) is 35.4 Å². The number of halogens is 3. The number of pyridine rings is 1.